The summed E-state index contributed by atoms with van der Waals surface area (Å²) in [7, 11) is 0. The number of amides is 1. The number of carbonyl (C=O) groups excluding carboxylic acids is 1. The highest BCUT2D eigenvalue weighted by Gasteiger charge is 2.32. The summed E-state index contributed by atoms with van der Waals surface area (Å²) >= 11 is 1.36. The molecule has 0 unspecified atom stereocenters. The second kappa shape index (κ2) is 5.87. The number of nitriles is 1. The Hall–Kier alpha value is -3.04. The Morgan fingerprint density at radius 1 is 1.17 bits per heavy atom. The fraction of sp³-hybridized carbons (Fsp3) is 0.0556. The minimum atomic E-state index is -0.0370. The third kappa shape index (κ3) is 2.36. The molecule has 1 aliphatic rings. The molecule has 0 saturated carbocycles. The highest BCUT2D eigenvalue weighted by Crippen LogP contribution is 2.38. The highest BCUT2D eigenvalue weighted by atomic mass is 32.2. The zero-order valence-electron chi connectivity index (χ0n) is 12.6. The maximum atomic E-state index is 12.3. The van der Waals surface area contributed by atoms with E-state index in [9.17, 15) is 10.1 Å². The number of nitrogens with zero attached hydrogens (tertiary/aromatic N) is 3. The van der Waals surface area contributed by atoms with Gasteiger partial charge >= 0.3 is 0 Å². The van der Waals surface area contributed by atoms with Gasteiger partial charge in [-0.3, -0.25) is 9.69 Å². The number of fused-ring (bicyclic) bond motifs is 1. The Morgan fingerprint density at radius 3 is 2.67 bits per heavy atom. The summed E-state index contributed by atoms with van der Waals surface area (Å²) in [6.45, 7) is 0. The van der Waals surface area contributed by atoms with Crippen molar-refractivity contribution in [1.82, 2.24) is 9.97 Å². The summed E-state index contributed by atoms with van der Waals surface area (Å²) in [4.78, 5) is 21.6. The number of H-pyrrole nitrogens is 1. The highest BCUT2D eigenvalue weighted by molar-refractivity contribution is 8.04. The van der Waals surface area contributed by atoms with Crippen LogP contribution in [0.3, 0.4) is 0 Å². The van der Waals surface area contributed by atoms with E-state index in [4.69, 9.17) is 0 Å². The molecule has 1 saturated heterocycles. The molecule has 0 spiro atoms. The molecule has 6 heteroatoms. The van der Waals surface area contributed by atoms with E-state index in [1.807, 2.05) is 54.6 Å². The summed E-state index contributed by atoms with van der Waals surface area (Å²) in [6, 6.07) is 19.2. The van der Waals surface area contributed by atoms with Crippen LogP contribution in [0.5, 0.6) is 0 Å². The molecule has 0 aliphatic carbocycles. The first-order valence-corrected chi connectivity index (χ1v) is 8.37. The first-order valence-electron chi connectivity index (χ1n) is 7.38. The van der Waals surface area contributed by atoms with Crippen molar-refractivity contribution < 1.29 is 4.79 Å². The number of aromatic amines is 1. The van der Waals surface area contributed by atoms with E-state index in [1.54, 1.807) is 4.90 Å². The summed E-state index contributed by atoms with van der Waals surface area (Å²) in [6.07, 6.45) is 0. The molecule has 0 bridgehead atoms. The van der Waals surface area contributed by atoms with E-state index in [0.29, 0.717) is 22.2 Å². The minimum Gasteiger partial charge on any atom is -0.337 e. The molecule has 3 aromatic rings. The largest absolute Gasteiger partial charge is 0.337 e. The fourth-order valence-corrected chi connectivity index (χ4v) is 3.68. The Balaban J connectivity index is 1.88. The molecular weight excluding hydrogens is 320 g/mol. The van der Waals surface area contributed by atoms with Crippen LogP contribution < -0.4 is 4.90 Å². The number of carbonyl (C=O) groups is 1. The second-order valence-electron chi connectivity index (χ2n) is 5.25. The number of imidazole rings is 1. The summed E-state index contributed by atoms with van der Waals surface area (Å²) in [5.41, 5.74) is 2.79. The van der Waals surface area contributed by atoms with Gasteiger partial charge in [0.2, 0.25) is 5.91 Å². The van der Waals surface area contributed by atoms with Crippen LogP contribution in [0.2, 0.25) is 0 Å². The van der Waals surface area contributed by atoms with Crippen LogP contribution in [-0.2, 0) is 4.79 Å². The van der Waals surface area contributed by atoms with Crippen molar-refractivity contribution in [3.8, 4) is 6.07 Å². The van der Waals surface area contributed by atoms with E-state index >= 15 is 0 Å². The number of anilines is 1. The average molecular weight is 332 g/mol. The average Bonchev–Trinajstić information content (AvgIpc) is 3.20. The van der Waals surface area contributed by atoms with Gasteiger partial charge in [-0.15, -0.1) is 0 Å². The Kier molecular flexibility index (Phi) is 3.56. The first kappa shape index (κ1) is 14.5. The number of benzene rings is 2. The smallest absolute Gasteiger partial charge is 0.242 e. The van der Waals surface area contributed by atoms with Crippen LogP contribution in [0.4, 0.5) is 5.69 Å². The number of thioether (sulfide) groups is 1. The van der Waals surface area contributed by atoms with E-state index in [1.165, 1.54) is 11.8 Å². The lowest BCUT2D eigenvalue weighted by atomic mass is 10.2. The maximum Gasteiger partial charge on any atom is 0.242 e. The van der Waals surface area contributed by atoms with Gasteiger partial charge in [0.15, 0.2) is 5.82 Å². The van der Waals surface area contributed by atoms with Crippen LogP contribution in [0, 0.1) is 11.3 Å². The summed E-state index contributed by atoms with van der Waals surface area (Å²) in [5, 5.41) is 10.3. The molecule has 0 atom stereocenters. The zero-order valence-corrected chi connectivity index (χ0v) is 13.4. The molecule has 5 nitrogen and oxygen atoms in total. The molecule has 2 heterocycles. The van der Waals surface area contributed by atoms with Gasteiger partial charge in [0.1, 0.15) is 16.7 Å². The van der Waals surface area contributed by atoms with Crippen LogP contribution in [0.25, 0.3) is 16.6 Å². The normalized spacial score (nSPS) is 16.5. The van der Waals surface area contributed by atoms with Crippen LogP contribution in [0.15, 0.2) is 59.6 Å². The van der Waals surface area contributed by atoms with Gasteiger partial charge in [-0.25, -0.2) is 4.98 Å². The summed E-state index contributed by atoms with van der Waals surface area (Å²) in [5.74, 6) is 0.761. The molecule has 24 heavy (non-hydrogen) atoms. The lowest BCUT2D eigenvalue weighted by Crippen LogP contribution is -2.24. The van der Waals surface area contributed by atoms with Crippen molar-refractivity contribution in [3.63, 3.8) is 0 Å². The van der Waals surface area contributed by atoms with Crippen molar-refractivity contribution in [2.75, 3.05) is 10.7 Å². The van der Waals surface area contributed by atoms with Gasteiger partial charge in [0.05, 0.1) is 16.8 Å². The lowest BCUT2D eigenvalue weighted by Gasteiger charge is -2.17. The van der Waals surface area contributed by atoms with Crippen molar-refractivity contribution in [2.45, 2.75) is 0 Å². The SMILES string of the molecule is N#CC(=C1SCC(=O)N1c1ccccc1)c1nc2ccccc2[nH]1. The molecule has 4 rings (SSSR count). The number of aromatic nitrogens is 2. The summed E-state index contributed by atoms with van der Waals surface area (Å²) < 4.78 is 0. The third-order valence-corrected chi connectivity index (χ3v) is 4.80. The number of para-hydroxylation sites is 3. The molecule has 1 aliphatic heterocycles. The standard InChI is InChI=1S/C18H12N4OS/c19-10-13(17-20-14-8-4-5-9-15(14)21-17)18-22(16(23)11-24-18)12-6-2-1-3-7-12/h1-9H,11H2,(H,20,21). The molecular formula is C18H12N4OS. The zero-order chi connectivity index (χ0) is 16.5. The van der Waals surface area contributed by atoms with Crippen molar-refractivity contribution in [3.05, 3.63) is 65.5 Å². The van der Waals surface area contributed by atoms with Gasteiger partial charge in [-0.05, 0) is 24.3 Å². The number of allylic oxidation sites excluding steroid dienone is 1. The number of nitrogens with one attached hydrogen (secondary N) is 1. The van der Waals surface area contributed by atoms with Crippen LogP contribution in [-0.4, -0.2) is 21.6 Å². The molecule has 2 aromatic carbocycles. The van der Waals surface area contributed by atoms with Gasteiger partial charge in [-0.2, -0.15) is 5.26 Å². The molecule has 0 radical (unpaired) electrons. The predicted octanol–water partition coefficient (Wildman–Crippen LogP) is 3.54. The number of hydrogen-bond donors (Lipinski definition) is 1. The maximum absolute atomic E-state index is 12.3. The van der Waals surface area contributed by atoms with E-state index < -0.39 is 0 Å². The topological polar surface area (TPSA) is 72.8 Å². The van der Waals surface area contributed by atoms with Gasteiger partial charge in [0.25, 0.3) is 0 Å². The molecule has 1 amide bonds. The van der Waals surface area contributed by atoms with E-state index in [2.05, 4.69) is 16.0 Å². The van der Waals surface area contributed by atoms with Crippen LogP contribution in [0.1, 0.15) is 5.82 Å². The minimum absolute atomic E-state index is 0.0370. The Labute approximate surface area is 142 Å². The number of rotatable bonds is 2. The monoisotopic (exact) mass is 332 g/mol. The van der Waals surface area contributed by atoms with Gasteiger partial charge in [0, 0.05) is 5.69 Å². The van der Waals surface area contributed by atoms with Crippen molar-refractivity contribution in [1.29, 1.82) is 5.26 Å². The molecule has 1 N–H and O–H groups in total. The van der Waals surface area contributed by atoms with E-state index in [-0.39, 0.29) is 5.91 Å². The van der Waals surface area contributed by atoms with Crippen molar-refractivity contribution in [2.24, 2.45) is 0 Å². The quantitative estimate of drug-likeness (QED) is 0.729. The lowest BCUT2D eigenvalue weighted by molar-refractivity contribution is -0.115. The fourth-order valence-electron chi connectivity index (χ4n) is 2.67. The molecule has 1 aromatic heterocycles. The number of hydrogen-bond acceptors (Lipinski definition) is 4. The Bertz CT molecular complexity index is 968. The molecule has 116 valence electrons. The van der Waals surface area contributed by atoms with Gasteiger partial charge < -0.3 is 4.98 Å². The van der Waals surface area contributed by atoms with E-state index in [0.717, 1.165) is 16.7 Å². The predicted molar refractivity (Wildman–Crippen MR) is 95.0 cm³/mol. The molecule has 1 fully saturated rings. The first-order chi connectivity index (χ1) is 11.8. The second-order valence-corrected chi connectivity index (χ2v) is 6.21. The Morgan fingerprint density at radius 2 is 1.92 bits per heavy atom. The van der Waals surface area contributed by atoms with Crippen LogP contribution >= 0.6 is 11.8 Å². The van der Waals surface area contributed by atoms with Gasteiger partial charge in [-0.1, -0.05) is 42.1 Å². The van der Waals surface area contributed by atoms with Crippen molar-refractivity contribution >= 4 is 40.0 Å². The third-order valence-electron chi connectivity index (χ3n) is 3.75.